The number of aliphatic hydroxyl groups is 2. The number of nitrogens with one attached hydrogen (secondary N) is 1. The molecule has 2 unspecified atom stereocenters. The predicted molar refractivity (Wildman–Crippen MR) is 356 cm³/mol. The van der Waals surface area contributed by atoms with Crippen LogP contribution in [0.4, 0.5) is 0 Å². The van der Waals surface area contributed by atoms with E-state index in [2.05, 4.69) is 55.6 Å². The third-order valence-electron chi connectivity index (χ3n) is 16.8. The van der Waals surface area contributed by atoms with Crippen molar-refractivity contribution >= 4 is 11.9 Å². The van der Waals surface area contributed by atoms with Gasteiger partial charge in [0.2, 0.25) is 5.91 Å². The molecule has 6 nitrogen and oxygen atoms in total. The third-order valence-corrected chi connectivity index (χ3v) is 16.8. The molecule has 0 saturated heterocycles. The van der Waals surface area contributed by atoms with Crippen LogP contribution in [0.3, 0.4) is 0 Å². The number of esters is 1. The first-order valence-electron chi connectivity index (χ1n) is 36.4. The van der Waals surface area contributed by atoms with Crippen LogP contribution in [-0.2, 0) is 14.3 Å². The molecule has 476 valence electrons. The lowest BCUT2D eigenvalue weighted by Crippen LogP contribution is -2.45. The highest BCUT2D eigenvalue weighted by Crippen LogP contribution is 2.18. The van der Waals surface area contributed by atoms with E-state index in [0.717, 1.165) is 51.4 Å². The van der Waals surface area contributed by atoms with Crippen LogP contribution in [0.5, 0.6) is 0 Å². The van der Waals surface area contributed by atoms with Crippen LogP contribution >= 0.6 is 0 Å². The summed E-state index contributed by atoms with van der Waals surface area (Å²) in [5, 5.41) is 23.2. The number of carbonyl (C=O) groups is 2. The Morgan fingerprint density at radius 1 is 0.346 bits per heavy atom. The topological polar surface area (TPSA) is 95.9 Å². The van der Waals surface area contributed by atoms with Crippen LogP contribution in [-0.4, -0.2) is 47.4 Å². The van der Waals surface area contributed by atoms with E-state index in [9.17, 15) is 19.8 Å². The van der Waals surface area contributed by atoms with Crippen molar-refractivity contribution in [3.05, 3.63) is 48.6 Å². The zero-order chi connectivity index (χ0) is 58.5. The lowest BCUT2D eigenvalue weighted by atomic mass is 10.0. The average molecular weight is 1140 g/mol. The predicted octanol–water partition coefficient (Wildman–Crippen LogP) is 23.6. The fourth-order valence-electron chi connectivity index (χ4n) is 11.3. The number of hydrogen-bond donors (Lipinski definition) is 3. The minimum atomic E-state index is -0.846. The van der Waals surface area contributed by atoms with Gasteiger partial charge in [0.05, 0.1) is 25.4 Å². The van der Waals surface area contributed by atoms with E-state index in [4.69, 9.17) is 4.74 Å². The van der Waals surface area contributed by atoms with Gasteiger partial charge in [0.25, 0.3) is 0 Å². The van der Waals surface area contributed by atoms with Crippen molar-refractivity contribution in [1.29, 1.82) is 0 Å². The first-order valence-corrected chi connectivity index (χ1v) is 36.4. The normalized spacial score (nSPS) is 12.8. The van der Waals surface area contributed by atoms with E-state index < -0.39 is 12.1 Å². The summed E-state index contributed by atoms with van der Waals surface area (Å²) in [6, 6.07) is -0.629. The number of hydrogen-bond acceptors (Lipinski definition) is 5. The van der Waals surface area contributed by atoms with Crippen molar-refractivity contribution in [3.63, 3.8) is 0 Å². The Kier molecular flexibility index (Phi) is 68.4. The summed E-state index contributed by atoms with van der Waals surface area (Å²) >= 11 is 0. The number of carbonyl (C=O) groups excluding carboxylic acids is 2. The Morgan fingerprint density at radius 2 is 0.617 bits per heavy atom. The lowest BCUT2D eigenvalue weighted by Gasteiger charge is -2.20. The smallest absolute Gasteiger partial charge is 0.305 e. The van der Waals surface area contributed by atoms with Gasteiger partial charge >= 0.3 is 5.97 Å². The molecule has 0 radical (unpaired) electrons. The van der Waals surface area contributed by atoms with E-state index >= 15 is 0 Å². The SMILES string of the molecule is CCCCCC/C=C\CCCCCCCC(=O)OCCCCCCCCCCC/C=C\C/C=C\CCCCCCCCCCCCCCCCCC(=O)NC(CO)C(O)/C=C/CCCCCCCCCCCCCCCCCCCC. The summed E-state index contributed by atoms with van der Waals surface area (Å²) in [4.78, 5) is 24.6. The monoisotopic (exact) mass is 1140 g/mol. The van der Waals surface area contributed by atoms with E-state index in [1.54, 1.807) is 6.08 Å². The maximum absolute atomic E-state index is 12.5. The van der Waals surface area contributed by atoms with Gasteiger partial charge in [0.1, 0.15) is 0 Å². The fourth-order valence-corrected chi connectivity index (χ4v) is 11.3. The molecular weight excluding hydrogens is 995 g/mol. The van der Waals surface area contributed by atoms with Gasteiger partial charge in [-0.2, -0.15) is 0 Å². The van der Waals surface area contributed by atoms with Gasteiger partial charge in [-0.05, 0) is 89.9 Å². The number of ether oxygens (including phenoxy) is 1. The van der Waals surface area contributed by atoms with Crippen molar-refractivity contribution in [2.45, 2.75) is 405 Å². The third kappa shape index (κ3) is 66.8. The second-order valence-electron chi connectivity index (χ2n) is 24.9. The second kappa shape index (κ2) is 70.3. The second-order valence-corrected chi connectivity index (χ2v) is 24.9. The van der Waals surface area contributed by atoms with E-state index in [1.807, 2.05) is 6.08 Å². The number of aliphatic hydroxyl groups excluding tert-OH is 2. The highest BCUT2D eigenvalue weighted by Gasteiger charge is 2.18. The molecule has 0 aliphatic rings. The van der Waals surface area contributed by atoms with Gasteiger partial charge in [-0.25, -0.2) is 0 Å². The molecule has 0 aromatic carbocycles. The standard InChI is InChI=1S/C75H141NO5/c1-3-5-7-9-11-13-15-17-18-19-20-34-37-40-44-47-51-55-59-63-67-73(78)72(71-77)76-74(79)68-64-60-56-52-48-45-41-38-35-32-30-28-26-24-22-21-23-25-27-29-31-33-36-39-42-46-50-54-58-62-66-70-81-75(80)69-65-61-57-53-49-43-16-14-12-10-8-6-4-2/h14,16,23,25,29,31,63,67,72-73,77-78H,3-13,15,17-22,24,26-28,30,32-62,64-66,68-71H2,1-2H3,(H,76,79)/b16-14-,25-23-,31-29-,67-63+. The molecule has 0 aromatic rings. The molecule has 0 heterocycles. The molecule has 81 heavy (non-hydrogen) atoms. The van der Waals surface area contributed by atoms with Crippen LogP contribution in [0.1, 0.15) is 393 Å². The zero-order valence-corrected chi connectivity index (χ0v) is 54.5. The van der Waals surface area contributed by atoms with Crippen molar-refractivity contribution in [2.24, 2.45) is 0 Å². The maximum Gasteiger partial charge on any atom is 0.305 e. The van der Waals surface area contributed by atoms with Crippen LogP contribution in [0.25, 0.3) is 0 Å². The summed E-state index contributed by atoms with van der Waals surface area (Å²) in [5.74, 6) is -0.0604. The minimum absolute atomic E-state index is 0.00375. The molecule has 0 aliphatic carbocycles. The lowest BCUT2D eigenvalue weighted by molar-refractivity contribution is -0.143. The summed E-state index contributed by atoms with van der Waals surface area (Å²) in [5.41, 5.74) is 0. The molecular formula is C75H141NO5. The van der Waals surface area contributed by atoms with E-state index in [1.165, 1.54) is 315 Å². The Morgan fingerprint density at radius 3 is 0.963 bits per heavy atom. The number of allylic oxidation sites excluding steroid dienone is 7. The first-order chi connectivity index (χ1) is 40.0. The van der Waals surface area contributed by atoms with E-state index in [-0.39, 0.29) is 18.5 Å². The van der Waals surface area contributed by atoms with Gasteiger partial charge < -0.3 is 20.3 Å². The van der Waals surface area contributed by atoms with Gasteiger partial charge in [-0.3, -0.25) is 9.59 Å². The molecule has 0 spiro atoms. The Hall–Kier alpha value is -2.18. The molecule has 0 bridgehead atoms. The van der Waals surface area contributed by atoms with Crippen molar-refractivity contribution in [1.82, 2.24) is 5.32 Å². The average Bonchev–Trinajstić information content (AvgIpc) is 3.47. The fraction of sp³-hybridized carbons (Fsp3) is 0.867. The van der Waals surface area contributed by atoms with Crippen molar-refractivity contribution < 1.29 is 24.5 Å². The van der Waals surface area contributed by atoms with Crippen molar-refractivity contribution in [3.8, 4) is 0 Å². The van der Waals surface area contributed by atoms with Gasteiger partial charge in [-0.15, -0.1) is 0 Å². The van der Waals surface area contributed by atoms with Crippen LogP contribution in [0.15, 0.2) is 48.6 Å². The molecule has 0 rings (SSSR count). The van der Waals surface area contributed by atoms with Gasteiger partial charge in [-0.1, -0.05) is 339 Å². The number of rotatable bonds is 68. The summed E-state index contributed by atoms with van der Waals surface area (Å²) in [6.07, 6.45) is 92.0. The highest BCUT2D eigenvalue weighted by molar-refractivity contribution is 5.76. The Balaban J connectivity index is 3.42. The summed E-state index contributed by atoms with van der Waals surface area (Å²) < 4.78 is 5.48. The zero-order valence-electron chi connectivity index (χ0n) is 54.5. The summed E-state index contributed by atoms with van der Waals surface area (Å²) in [6.45, 7) is 4.91. The molecule has 0 aromatic heterocycles. The Bertz CT molecular complexity index is 1360. The maximum atomic E-state index is 12.5. The quantitative estimate of drug-likeness (QED) is 0.0320. The molecule has 0 saturated carbocycles. The van der Waals surface area contributed by atoms with Crippen LogP contribution < -0.4 is 5.32 Å². The Labute approximate surface area is 506 Å². The van der Waals surface area contributed by atoms with Gasteiger partial charge in [0.15, 0.2) is 0 Å². The first kappa shape index (κ1) is 78.8. The van der Waals surface area contributed by atoms with Gasteiger partial charge in [0, 0.05) is 12.8 Å². The minimum Gasteiger partial charge on any atom is -0.466 e. The molecule has 0 fully saturated rings. The van der Waals surface area contributed by atoms with Crippen LogP contribution in [0.2, 0.25) is 0 Å². The molecule has 3 N–H and O–H groups in total. The number of amides is 1. The molecule has 6 heteroatoms. The molecule has 0 aliphatic heterocycles. The summed E-state index contributed by atoms with van der Waals surface area (Å²) in [7, 11) is 0. The number of unbranched alkanes of at least 4 members (excludes halogenated alkanes) is 51. The molecule has 2 atom stereocenters. The largest absolute Gasteiger partial charge is 0.466 e. The molecule has 1 amide bonds. The van der Waals surface area contributed by atoms with Crippen LogP contribution in [0, 0.1) is 0 Å². The van der Waals surface area contributed by atoms with Crippen molar-refractivity contribution in [2.75, 3.05) is 13.2 Å². The van der Waals surface area contributed by atoms with E-state index in [0.29, 0.717) is 19.4 Å². The highest BCUT2D eigenvalue weighted by atomic mass is 16.5.